The lowest BCUT2D eigenvalue weighted by Crippen LogP contribution is -2.48. The second-order valence-corrected chi connectivity index (χ2v) is 7.01. The maximum Gasteiger partial charge on any atom is 0.224 e. The summed E-state index contributed by atoms with van der Waals surface area (Å²) in [6.07, 6.45) is 0. The van der Waals surface area contributed by atoms with Crippen LogP contribution in [0.2, 0.25) is 0 Å². The fourth-order valence-electron chi connectivity index (χ4n) is 1.85. The van der Waals surface area contributed by atoms with Crippen LogP contribution in [0.1, 0.15) is 20.8 Å². The smallest absolute Gasteiger partial charge is 0.224 e. The van der Waals surface area contributed by atoms with E-state index in [9.17, 15) is 13.2 Å². The van der Waals surface area contributed by atoms with Crippen molar-refractivity contribution >= 4 is 15.9 Å². The van der Waals surface area contributed by atoms with E-state index in [4.69, 9.17) is 0 Å². The minimum atomic E-state index is -3.33. The van der Waals surface area contributed by atoms with Crippen LogP contribution in [0.5, 0.6) is 0 Å². The van der Waals surface area contributed by atoms with Crippen molar-refractivity contribution in [2.75, 3.05) is 31.9 Å². The van der Waals surface area contributed by atoms with Gasteiger partial charge in [-0.3, -0.25) is 4.79 Å². The van der Waals surface area contributed by atoms with Crippen molar-refractivity contribution in [1.29, 1.82) is 0 Å². The van der Waals surface area contributed by atoms with E-state index < -0.39 is 15.9 Å². The van der Waals surface area contributed by atoms with Crippen LogP contribution in [0, 0.1) is 5.92 Å². The maximum absolute atomic E-state index is 12.1. The number of amides is 1. The molecule has 7 heteroatoms. The molecule has 18 heavy (non-hydrogen) atoms. The fourth-order valence-corrected chi connectivity index (χ4v) is 3.58. The molecule has 0 aromatic carbocycles. The Morgan fingerprint density at radius 2 is 1.83 bits per heavy atom. The van der Waals surface area contributed by atoms with Crippen molar-refractivity contribution in [3.05, 3.63) is 0 Å². The average Bonchev–Trinajstić information content (AvgIpc) is 2.28. The van der Waals surface area contributed by atoms with Gasteiger partial charge in [-0.25, -0.2) is 8.42 Å². The van der Waals surface area contributed by atoms with Gasteiger partial charge in [0, 0.05) is 32.2 Å². The Hall–Kier alpha value is -0.660. The number of hydrogen-bond acceptors (Lipinski definition) is 4. The molecule has 0 radical (unpaired) electrons. The van der Waals surface area contributed by atoms with Crippen molar-refractivity contribution in [3.63, 3.8) is 0 Å². The zero-order valence-corrected chi connectivity index (χ0v) is 12.1. The molecular formula is C11H23N3O3S. The summed E-state index contributed by atoms with van der Waals surface area (Å²) in [6.45, 7) is 7.68. The van der Waals surface area contributed by atoms with Gasteiger partial charge in [0.2, 0.25) is 15.9 Å². The molecule has 1 unspecified atom stereocenters. The van der Waals surface area contributed by atoms with Crippen LogP contribution in [-0.4, -0.2) is 56.6 Å². The van der Waals surface area contributed by atoms with E-state index in [1.165, 1.54) is 4.31 Å². The zero-order valence-electron chi connectivity index (χ0n) is 11.3. The Kier molecular flexibility index (Phi) is 5.55. The first-order valence-electron chi connectivity index (χ1n) is 6.32. The second kappa shape index (κ2) is 6.49. The van der Waals surface area contributed by atoms with E-state index in [-0.39, 0.29) is 17.7 Å². The molecule has 1 rings (SSSR count). The monoisotopic (exact) mass is 277 g/mol. The summed E-state index contributed by atoms with van der Waals surface area (Å²) in [5.74, 6) is -0.845. The van der Waals surface area contributed by atoms with Gasteiger partial charge in [0.15, 0.2) is 0 Å². The Balaban J connectivity index is 2.56. The quantitative estimate of drug-likeness (QED) is 0.702. The van der Waals surface area contributed by atoms with Gasteiger partial charge >= 0.3 is 0 Å². The Morgan fingerprint density at radius 3 is 2.33 bits per heavy atom. The van der Waals surface area contributed by atoms with Crippen LogP contribution in [0.15, 0.2) is 0 Å². The van der Waals surface area contributed by atoms with Crippen LogP contribution < -0.4 is 10.6 Å². The van der Waals surface area contributed by atoms with Crippen LogP contribution in [0.4, 0.5) is 0 Å². The average molecular weight is 277 g/mol. The van der Waals surface area contributed by atoms with Gasteiger partial charge in [0.1, 0.15) is 0 Å². The summed E-state index contributed by atoms with van der Waals surface area (Å²) >= 11 is 0. The molecule has 0 bridgehead atoms. The fraction of sp³-hybridized carbons (Fsp3) is 0.909. The molecule has 106 valence electrons. The third-order valence-electron chi connectivity index (χ3n) is 2.81. The summed E-state index contributed by atoms with van der Waals surface area (Å²) in [5, 5.41) is 5.84. The first-order valence-corrected chi connectivity index (χ1v) is 7.93. The molecule has 1 fully saturated rings. The Morgan fingerprint density at radius 1 is 1.28 bits per heavy atom. The lowest BCUT2D eigenvalue weighted by molar-refractivity contribution is -0.124. The lowest BCUT2D eigenvalue weighted by atomic mass is 10.2. The molecule has 0 aliphatic carbocycles. The van der Waals surface area contributed by atoms with Gasteiger partial charge < -0.3 is 10.6 Å². The van der Waals surface area contributed by atoms with Crippen LogP contribution in [0.3, 0.4) is 0 Å². The lowest BCUT2D eigenvalue weighted by Gasteiger charge is -2.27. The van der Waals surface area contributed by atoms with Crippen LogP contribution in [0.25, 0.3) is 0 Å². The molecule has 1 saturated heterocycles. The molecule has 1 heterocycles. The number of hydrogen-bond donors (Lipinski definition) is 2. The Bertz CT molecular complexity index is 375. The van der Waals surface area contributed by atoms with Gasteiger partial charge in [-0.2, -0.15) is 4.31 Å². The van der Waals surface area contributed by atoms with E-state index >= 15 is 0 Å². The predicted octanol–water partition coefficient (Wildman–Crippen LogP) is -0.618. The molecule has 1 atom stereocenters. The third kappa shape index (κ3) is 4.55. The van der Waals surface area contributed by atoms with E-state index in [0.29, 0.717) is 26.2 Å². The highest BCUT2D eigenvalue weighted by Gasteiger charge is 2.28. The molecule has 6 nitrogen and oxygen atoms in total. The van der Waals surface area contributed by atoms with Crippen LogP contribution >= 0.6 is 0 Å². The van der Waals surface area contributed by atoms with E-state index in [0.717, 1.165) is 0 Å². The zero-order chi connectivity index (χ0) is 13.8. The minimum absolute atomic E-state index is 0.0295. The van der Waals surface area contributed by atoms with Crippen molar-refractivity contribution in [3.8, 4) is 0 Å². The summed E-state index contributed by atoms with van der Waals surface area (Å²) in [4.78, 5) is 11.7. The standard InChI is InChI=1S/C11H23N3O3S/c1-9(2)13-11(15)10(3)8-18(16,17)14-6-4-12-5-7-14/h9-10,12H,4-8H2,1-3H3,(H,13,15). The highest BCUT2D eigenvalue weighted by molar-refractivity contribution is 7.89. The maximum atomic E-state index is 12.1. The van der Waals surface area contributed by atoms with Gasteiger partial charge in [-0.1, -0.05) is 6.92 Å². The predicted molar refractivity (Wildman–Crippen MR) is 70.7 cm³/mol. The summed E-state index contributed by atoms with van der Waals surface area (Å²) in [6, 6.07) is 0.0295. The first-order chi connectivity index (χ1) is 8.33. The summed E-state index contributed by atoms with van der Waals surface area (Å²) < 4.78 is 25.7. The van der Waals surface area contributed by atoms with Crippen molar-refractivity contribution < 1.29 is 13.2 Å². The molecular weight excluding hydrogens is 254 g/mol. The van der Waals surface area contributed by atoms with E-state index in [1.54, 1.807) is 6.92 Å². The highest BCUT2D eigenvalue weighted by atomic mass is 32.2. The number of rotatable bonds is 5. The minimum Gasteiger partial charge on any atom is -0.354 e. The Labute approximate surface area is 109 Å². The van der Waals surface area contributed by atoms with E-state index in [2.05, 4.69) is 10.6 Å². The van der Waals surface area contributed by atoms with Gasteiger partial charge in [0.25, 0.3) is 0 Å². The second-order valence-electron chi connectivity index (χ2n) is 4.99. The number of carbonyl (C=O) groups is 1. The van der Waals surface area contributed by atoms with Crippen LogP contribution in [-0.2, 0) is 14.8 Å². The number of nitrogens with one attached hydrogen (secondary N) is 2. The molecule has 0 saturated carbocycles. The normalized spacial score (nSPS) is 19.8. The molecule has 1 aliphatic rings. The number of sulfonamides is 1. The van der Waals surface area contributed by atoms with E-state index in [1.807, 2.05) is 13.8 Å². The molecule has 1 aliphatic heterocycles. The number of nitrogens with zero attached hydrogens (tertiary/aromatic N) is 1. The van der Waals surface area contributed by atoms with Gasteiger partial charge in [0.05, 0.1) is 11.7 Å². The number of piperazine rings is 1. The van der Waals surface area contributed by atoms with Gasteiger partial charge in [-0.05, 0) is 13.8 Å². The topological polar surface area (TPSA) is 78.5 Å². The first kappa shape index (κ1) is 15.4. The van der Waals surface area contributed by atoms with Crippen molar-refractivity contribution in [2.24, 2.45) is 5.92 Å². The highest BCUT2D eigenvalue weighted by Crippen LogP contribution is 2.09. The molecule has 2 N–H and O–H groups in total. The third-order valence-corrected chi connectivity index (χ3v) is 4.88. The molecule has 0 spiro atoms. The summed E-state index contributed by atoms with van der Waals surface area (Å²) in [5.41, 5.74) is 0. The van der Waals surface area contributed by atoms with Crippen molar-refractivity contribution in [1.82, 2.24) is 14.9 Å². The molecule has 0 aromatic rings. The summed E-state index contributed by atoms with van der Waals surface area (Å²) in [7, 11) is -3.33. The molecule has 0 aromatic heterocycles. The SMILES string of the molecule is CC(C)NC(=O)C(C)CS(=O)(=O)N1CCNCC1. The largest absolute Gasteiger partial charge is 0.354 e. The van der Waals surface area contributed by atoms with Gasteiger partial charge in [-0.15, -0.1) is 0 Å². The number of carbonyl (C=O) groups excluding carboxylic acids is 1. The molecule has 1 amide bonds. The van der Waals surface area contributed by atoms with Crippen molar-refractivity contribution in [2.45, 2.75) is 26.8 Å².